The third-order valence-electron chi connectivity index (χ3n) is 4.08. The molecule has 1 aliphatic heterocycles. The molecule has 9 heteroatoms. The molecule has 0 atom stereocenters. The van der Waals surface area contributed by atoms with E-state index in [1.54, 1.807) is 11.6 Å². The molecule has 1 saturated heterocycles. The van der Waals surface area contributed by atoms with Crippen molar-refractivity contribution in [3.8, 4) is 0 Å². The van der Waals surface area contributed by atoms with Crippen molar-refractivity contribution in [3.05, 3.63) is 29.1 Å². The Kier molecular flexibility index (Phi) is 5.05. The van der Waals surface area contributed by atoms with E-state index in [0.29, 0.717) is 17.9 Å². The Morgan fingerprint density at radius 2 is 1.84 bits per heavy atom. The molecule has 2 amide bonds. The van der Waals surface area contributed by atoms with Crippen LogP contribution in [0.3, 0.4) is 0 Å². The highest BCUT2D eigenvalue weighted by molar-refractivity contribution is 7.92. The largest absolute Gasteiger partial charge is 0.342 e. The lowest BCUT2D eigenvalue weighted by Crippen LogP contribution is -2.35. The second-order valence-electron chi connectivity index (χ2n) is 6.04. The number of amides is 2. The highest BCUT2D eigenvalue weighted by atomic mass is 32.2. The van der Waals surface area contributed by atoms with Crippen LogP contribution in [-0.4, -0.2) is 54.3 Å². The average molecular weight is 381 g/mol. The number of rotatable bonds is 4. The smallest absolute Gasteiger partial charge is 0.263 e. The summed E-state index contributed by atoms with van der Waals surface area (Å²) < 4.78 is 27.0. The molecule has 7 nitrogen and oxygen atoms in total. The van der Waals surface area contributed by atoms with Crippen molar-refractivity contribution in [2.45, 2.75) is 12.8 Å². The normalized spacial score (nSPS) is 15.9. The second kappa shape index (κ2) is 7.09. The number of likely N-dealkylation sites (tertiary alicyclic amines) is 1. The molecule has 2 heterocycles. The molecule has 1 aliphatic rings. The minimum atomic E-state index is -3.82. The zero-order chi connectivity index (χ0) is 18.0. The molecular formula is C16H19N3O4S2. The molecule has 25 heavy (non-hydrogen) atoms. The van der Waals surface area contributed by atoms with E-state index in [1.807, 2.05) is 24.3 Å². The third-order valence-corrected chi connectivity index (χ3v) is 6.57. The Morgan fingerprint density at radius 3 is 2.52 bits per heavy atom. The maximum atomic E-state index is 12.1. The molecule has 1 aromatic heterocycles. The number of hydrogen-bond acceptors (Lipinski definition) is 5. The predicted octanol–water partition coefficient (Wildman–Crippen LogP) is 0.704. The Hall–Kier alpha value is -2.00. The maximum Gasteiger partial charge on any atom is 0.263 e. The molecule has 0 saturated carbocycles. The van der Waals surface area contributed by atoms with Crippen LogP contribution in [0, 0.1) is 0 Å². The number of thiazole rings is 1. The number of fused-ring (bicyclic) bond motifs is 1. The average Bonchev–Trinajstić information content (AvgIpc) is 3.16. The van der Waals surface area contributed by atoms with E-state index in [4.69, 9.17) is 0 Å². The summed E-state index contributed by atoms with van der Waals surface area (Å²) in [5.41, 5.74) is 0.922. The first kappa shape index (κ1) is 17.8. The van der Waals surface area contributed by atoms with Gasteiger partial charge >= 0.3 is 0 Å². The first-order chi connectivity index (χ1) is 11.9. The van der Waals surface area contributed by atoms with Crippen LogP contribution in [0.25, 0.3) is 10.2 Å². The van der Waals surface area contributed by atoms with E-state index < -0.39 is 33.2 Å². The number of para-hydroxylation sites is 1. The Labute approximate surface area is 149 Å². The highest BCUT2D eigenvalue weighted by Gasteiger charge is 2.25. The standard InChI is InChI=1S/C16H19N3O4S2/c1-18-12-6-2-3-7-13(12)24-16(18)17-14(20)10-25(22,23)11-15(21)19-8-4-5-9-19/h2-3,6-7H,4-5,8-11H2,1H3. The van der Waals surface area contributed by atoms with Crippen LogP contribution in [0.15, 0.2) is 29.3 Å². The molecule has 0 radical (unpaired) electrons. The molecule has 1 aromatic carbocycles. The van der Waals surface area contributed by atoms with Gasteiger partial charge in [0.1, 0.15) is 11.5 Å². The van der Waals surface area contributed by atoms with Crippen molar-refractivity contribution >= 4 is 43.2 Å². The lowest BCUT2D eigenvalue weighted by atomic mass is 10.3. The monoisotopic (exact) mass is 381 g/mol. The Balaban J connectivity index is 1.74. The van der Waals surface area contributed by atoms with Crippen LogP contribution in [0.1, 0.15) is 12.8 Å². The van der Waals surface area contributed by atoms with Crippen LogP contribution >= 0.6 is 11.3 Å². The third kappa shape index (κ3) is 4.16. The molecule has 134 valence electrons. The highest BCUT2D eigenvalue weighted by Crippen LogP contribution is 2.15. The van der Waals surface area contributed by atoms with Crippen LogP contribution in [0.4, 0.5) is 0 Å². The van der Waals surface area contributed by atoms with Gasteiger partial charge < -0.3 is 9.47 Å². The fourth-order valence-corrected chi connectivity index (χ4v) is 4.95. The Bertz CT molecular complexity index is 982. The van der Waals surface area contributed by atoms with Gasteiger partial charge in [-0.2, -0.15) is 4.99 Å². The zero-order valence-corrected chi connectivity index (χ0v) is 15.5. The number of hydrogen-bond donors (Lipinski definition) is 0. The summed E-state index contributed by atoms with van der Waals surface area (Å²) in [6.07, 6.45) is 1.78. The fourth-order valence-electron chi connectivity index (χ4n) is 2.81. The topological polar surface area (TPSA) is 88.8 Å². The van der Waals surface area contributed by atoms with E-state index in [2.05, 4.69) is 4.99 Å². The zero-order valence-electron chi connectivity index (χ0n) is 13.8. The van der Waals surface area contributed by atoms with Gasteiger partial charge in [0.05, 0.1) is 10.2 Å². The van der Waals surface area contributed by atoms with Crippen LogP contribution < -0.4 is 4.80 Å². The van der Waals surface area contributed by atoms with Gasteiger partial charge in [-0.1, -0.05) is 23.5 Å². The molecule has 0 N–H and O–H groups in total. The van der Waals surface area contributed by atoms with Gasteiger partial charge in [0, 0.05) is 20.1 Å². The first-order valence-electron chi connectivity index (χ1n) is 7.96. The van der Waals surface area contributed by atoms with Gasteiger partial charge in [0.25, 0.3) is 5.91 Å². The molecule has 1 fully saturated rings. The molecule has 0 unspecified atom stereocenters. The van der Waals surface area contributed by atoms with Crippen LogP contribution in [-0.2, 0) is 26.5 Å². The van der Waals surface area contributed by atoms with Gasteiger partial charge in [0.15, 0.2) is 14.6 Å². The van der Waals surface area contributed by atoms with Crippen molar-refractivity contribution in [1.29, 1.82) is 0 Å². The molecule has 0 bridgehead atoms. The number of carbonyl (C=O) groups is 2. The SMILES string of the molecule is Cn1c(=NC(=O)CS(=O)(=O)CC(=O)N2CCCC2)sc2ccccc21. The number of nitrogens with zero attached hydrogens (tertiary/aromatic N) is 3. The van der Waals surface area contributed by atoms with Gasteiger partial charge in [-0.05, 0) is 25.0 Å². The van der Waals surface area contributed by atoms with Crippen molar-refractivity contribution in [2.75, 3.05) is 24.6 Å². The van der Waals surface area contributed by atoms with Gasteiger partial charge in [0.2, 0.25) is 5.91 Å². The van der Waals surface area contributed by atoms with Crippen molar-refractivity contribution in [2.24, 2.45) is 12.0 Å². The second-order valence-corrected chi connectivity index (χ2v) is 9.11. The summed E-state index contributed by atoms with van der Waals surface area (Å²) >= 11 is 1.32. The van der Waals surface area contributed by atoms with Crippen molar-refractivity contribution in [1.82, 2.24) is 9.47 Å². The van der Waals surface area contributed by atoms with Crippen LogP contribution in [0.2, 0.25) is 0 Å². The summed E-state index contributed by atoms with van der Waals surface area (Å²) in [6.45, 7) is 1.18. The molecule has 3 rings (SSSR count). The summed E-state index contributed by atoms with van der Waals surface area (Å²) in [4.78, 5) is 30.0. The van der Waals surface area contributed by atoms with Crippen molar-refractivity contribution < 1.29 is 18.0 Å². The predicted molar refractivity (Wildman–Crippen MR) is 95.8 cm³/mol. The van der Waals surface area contributed by atoms with E-state index in [9.17, 15) is 18.0 Å². The van der Waals surface area contributed by atoms with E-state index in [-0.39, 0.29) is 0 Å². The molecular weight excluding hydrogens is 362 g/mol. The van der Waals surface area contributed by atoms with E-state index in [0.717, 1.165) is 23.1 Å². The lowest BCUT2D eigenvalue weighted by molar-refractivity contribution is -0.127. The maximum absolute atomic E-state index is 12.1. The van der Waals surface area contributed by atoms with Crippen molar-refractivity contribution in [3.63, 3.8) is 0 Å². The minimum absolute atomic E-state index is 0.433. The lowest BCUT2D eigenvalue weighted by Gasteiger charge is -2.14. The first-order valence-corrected chi connectivity index (χ1v) is 10.6. The van der Waals surface area contributed by atoms with E-state index in [1.165, 1.54) is 16.2 Å². The van der Waals surface area contributed by atoms with Gasteiger partial charge in [-0.3, -0.25) is 9.59 Å². The quantitative estimate of drug-likeness (QED) is 0.780. The number of carbonyl (C=O) groups excluding carboxylic acids is 2. The van der Waals surface area contributed by atoms with Gasteiger partial charge in [-0.15, -0.1) is 0 Å². The molecule has 0 spiro atoms. The summed E-state index contributed by atoms with van der Waals surface area (Å²) in [5.74, 6) is -2.57. The molecule has 2 aromatic rings. The summed E-state index contributed by atoms with van der Waals surface area (Å²) in [7, 11) is -2.05. The Morgan fingerprint density at radius 1 is 1.16 bits per heavy atom. The minimum Gasteiger partial charge on any atom is -0.342 e. The van der Waals surface area contributed by atoms with Gasteiger partial charge in [-0.25, -0.2) is 8.42 Å². The number of aromatic nitrogens is 1. The van der Waals surface area contributed by atoms with Crippen LogP contribution in [0.5, 0.6) is 0 Å². The van der Waals surface area contributed by atoms with E-state index >= 15 is 0 Å². The molecule has 0 aliphatic carbocycles. The fraction of sp³-hybridized carbons (Fsp3) is 0.438. The number of benzene rings is 1. The summed E-state index contributed by atoms with van der Waals surface area (Å²) in [6, 6.07) is 7.59. The summed E-state index contributed by atoms with van der Waals surface area (Å²) in [5, 5.41) is 0. The number of sulfone groups is 1. The number of aryl methyl sites for hydroxylation is 1.